The molecule has 0 saturated heterocycles. The molecule has 5 heteroatoms. The maximum absolute atomic E-state index is 9.14. The van der Waals surface area contributed by atoms with Gasteiger partial charge >= 0.3 is 127 Å². The van der Waals surface area contributed by atoms with Gasteiger partial charge in [-0.1, -0.05) is 0 Å². The molecule has 1 N–H and O–H groups in total. The molecule has 0 unspecified atom stereocenters. The van der Waals surface area contributed by atoms with E-state index < -0.39 is 0 Å². The van der Waals surface area contributed by atoms with Crippen LogP contribution < -0.4 is 0 Å². The summed E-state index contributed by atoms with van der Waals surface area (Å²) in [5.74, 6) is 1.26. The van der Waals surface area contributed by atoms with Crippen molar-refractivity contribution in [2.75, 3.05) is 0 Å². The number of rotatable bonds is 3. The molecule has 0 atom stereocenters. The van der Waals surface area contributed by atoms with E-state index in [4.69, 9.17) is 14.6 Å². The van der Waals surface area contributed by atoms with Gasteiger partial charge in [0.15, 0.2) is 0 Å². The predicted molar refractivity (Wildman–Crippen MR) is 81.6 cm³/mol. The van der Waals surface area contributed by atoms with Crippen LogP contribution in [0, 0.1) is 0 Å². The number of hydrogen-bond donors (Lipinski definition) is 1. The topological polar surface area (TPSA) is 51.2 Å². The first-order valence-electron chi connectivity index (χ1n) is 6.58. The molecule has 104 valence electrons. The summed E-state index contributed by atoms with van der Waals surface area (Å²) in [4.78, 5) is 2.19. The Labute approximate surface area is 127 Å². The molecule has 4 aromatic rings. The fourth-order valence-corrected chi connectivity index (χ4v) is 4.19. The van der Waals surface area contributed by atoms with Crippen LogP contribution in [-0.4, -0.2) is 29.4 Å². The van der Waals surface area contributed by atoms with Crippen molar-refractivity contribution in [3.63, 3.8) is 0 Å². The number of aliphatic hydroxyl groups excluding tert-OH is 1. The average Bonchev–Trinajstić information content (AvgIpc) is 3.23. The van der Waals surface area contributed by atoms with Crippen LogP contribution in [0.3, 0.4) is 0 Å². The zero-order valence-electron chi connectivity index (χ0n) is 11.1. The van der Waals surface area contributed by atoms with Gasteiger partial charge in [0.25, 0.3) is 0 Å². The minimum atomic E-state index is -0.0959. The Balaban J connectivity index is 1.93. The van der Waals surface area contributed by atoms with E-state index in [9.17, 15) is 0 Å². The number of hydrogen-bond acceptors (Lipinski definition) is 3. The molecule has 0 fully saturated rings. The first-order chi connectivity index (χ1) is 10.4. The van der Waals surface area contributed by atoms with Gasteiger partial charge in [-0.3, -0.25) is 0 Å². The van der Waals surface area contributed by atoms with Crippen molar-refractivity contribution in [1.82, 2.24) is 9.78 Å². The summed E-state index contributed by atoms with van der Waals surface area (Å²) in [6, 6.07) is 15.9. The van der Waals surface area contributed by atoms with Crippen LogP contribution in [0.4, 0.5) is 0 Å². The van der Waals surface area contributed by atoms with Crippen LogP contribution in [-0.2, 0) is 6.61 Å². The molecule has 21 heavy (non-hydrogen) atoms. The first-order valence-corrected chi connectivity index (χ1v) is 8.43. The summed E-state index contributed by atoms with van der Waals surface area (Å²) in [5.41, 5.74) is 1.89. The number of nitrogens with zero attached hydrogens (tertiary/aromatic N) is 2. The predicted octanol–water partition coefficient (Wildman–Crippen LogP) is 2.83. The van der Waals surface area contributed by atoms with E-state index >= 15 is 0 Å². The van der Waals surface area contributed by atoms with Crippen molar-refractivity contribution in [3.05, 3.63) is 59.2 Å². The normalized spacial score (nSPS) is 11.3. The zero-order chi connectivity index (χ0) is 14.2. The molecular formula is C16H12N2O2Se. The second-order valence-electron chi connectivity index (χ2n) is 4.66. The molecule has 0 spiro atoms. The van der Waals surface area contributed by atoms with Crippen LogP contribution in [0.15, 0.2) is 57.9 Å². The summed E-state index contributed by atoms with van der Waals surface area (Å²) < 4.78 is 8.86. The second-order valence-corrected chi connectivity index (χ2v) is 6.54. The minimum absolute atomic E-state index is 0.0959. The van der Waals surface area contributed by atoms with Crippen LogP contribution in [0.5, 0.6) is 0 Å². The number of benzene rings is 1. The zero-order valence-corrected chi connectivity index (χ0v) is 12.8. The molecule has 0 saturated carbocycles. The quantitative estimate of drug-likeness (QED) is 0.582. The number of furan rings is 1. The molecule has 4 nitrogen and oxygen atoms in total. The third-order valence-corrected chi connectivity index (χ3v) is 5.21. The Hall–Kier alpha value is -2.07. The van der Waals surface area contributed by atoms with Gasteiger partial charge in [0.05, 0.1) is 0 Å². The van der Waals surface area contributed by atoms with Crippen molar-refractivity contribution in [2.45, 2.75) is 6.61 Å². The molecule has 0 aliphatic carbocycles. The van der Waals surface area contributed by atoms with Gasteiger partial charge in [0, 0.05) is 0 Å². The van der Waals surface area contributed by atoms with Gasteiger partial charge in [-0.15, -0.1) is 0 Å². The molecular weight excluding hydrogens is 331 g/mol. The molecule has 0 amide bonds. The molecule has 3 heterocycles. The number of fused-ring (bicyclic) bond motifs is 1. The first kappa shape index (κ1) is 12.7. The fourth-order valence-electron chi connectivity index (χ4n) is 2.36. The van der Waals surface area contributed by atoms with Crippen molar-refractivity contribution < 1.29 is 9.52 Å². The summed E-state index contributed by atoms with van der Waals surface area (Å²) in [5, 5.41) is 15.0. The molecule has 0 radical (unpaired) electrons. The fraction of sp³-hybridized carbons (Fsp3) is 0.0625. The van der Waals surface area contributed by atoms with Crippen molar-refractivity contribution in [1.29, 1.82) is 0 Å². The van der Waals surface area contributed by atoms with Gasteiger partial charge in [-0.25, -0.2) is 0 Å². The van der Waals surface area contributed by atoms with E-state index in [0.717, 1.165) is 16.8 Å². The SMILES string of the molecule is OCc1ccc(-c2nn(-c3ccccc3)c3[se]ccc23)o1. The average molecular weight is 343 g/mol. The van der Waals surface area contributed by atoms with Gasteiger partial charge in [0.2, 0.25) is 0 Å². The molecule has 4 rings (SSSR count). The Morgan fingerprint density at radius 2 is 1.95 bits per heavy atom. The van der Waals surface area contributed by atoms with E-state index in [1.165, 1.54) is 4.39 Å². The van der Waals surface area contributed by atoms with Gasteiger partial charge in [-0.2, -0.15) is 0 Å². The van der Waals surface area contributed by atoms with E-state index in [1.54, 1.807) is 6.07 Å². The van der Waals surface area contributed by atoms with Crippen LogP contribution >= 0.6 is 0 Å². The van der Waals surface area contributed by atoms with Crippen molar-refractivity contribution in [2.24, 2.45) is 0 Å². The van der Waals surface area contributed by atoms with Gasteiger partial charge in [0.1, 0.15) is 0 Å². The Kier molecular flexibility index (Phi) is 3.04. The van der Waals surface area contributed by atoms with Crippen LogP contribution in [0.2, 0.25) is 0 Å². The molecule has 3 aromatic heterocycles. The third kappa shape index (κ3) is 2.07. The molecule has 0 aliphatic rings. The number of aromatic nitrogens is 2. The second kappa shape index (κ2) is 5.04. The van der Waals surface area contributed by atoms with Crippen molar-refractivity contribution in [3.8, 4) is 17.1 Å². The van der Waals surface area contributed by atoms with Crippen LogP contribution in [0.1, 0.15) is 5.76 Å². The number of aliphatic hydroxyl groups is 1. The maximum atomic E-state index is 9.14. The summed E-state index contributed by atoms with van der Waals surface area (Å²) in [6.07, 6.45) is 0. The Morgan fingerprint density at radius 1 is 1.10 bits per heavy atom. The van der Waals surface area contributed by atoms with E-state index in [-0.39, 0.29) is 21.1 Å². The summed E-state index contributed by atoms with van der Waals surface area (Å²) >= 11 is 0.281. The van der Waals surface area contributed by atoms with E-state index in [0.29, 0.717) is 11.5 Å². The standard InChI is InChI=1S/C16H12N2O2Se/c19-10-12-6-7-14(20-12)15-13-8-9-21-16(13)18(17-15)11-4-2-1-3-5-11/h1-9,19H,10H2. The molecule has 0 aliphatic heterocycles. The molecule has 1 aromatic carbocycles. The van der Waals surface area contributed by atoms with E-state index in [2.05, 4.69) is 11.0 Å². The monoisotopic (exact) mass is 344 g/mol. The van der Waals surface area contributed by atoms with E-state index in [1.807, 2.05) is 41.1 Å². The summed E-state index contributed by atoms with van der Waals surface area (Å²) in [7, 11) is 0. The van der Waals surface area contributed by atoms with Gasteiger partial charge in [-0.05, 0) is 0 Å². The molecule has 0 bridgehead atoms. The third-order valence-electron chi connectivity index (χ3n) is 3.34. The van der Waals surface area contributed by atoms with Crippen molar-refractivity contribution >= 4 is 24.3 Å². The van der Waals surface area contributed by atoms with Gasteiger partial charge < -0.3 is 0 Å². The Bertz CT molecular complexity index is 889. The summed E-state index contributed by atoms with van der Waals surface area (Å²) in [6.45, 7) is -0.0959. The van der Waals surface area contributed by atoms with Crippen LogP contribution in [0.25, 0.3) is 26.9 Å². The number of para-hydroxylation sites is 1. The Morgan fingerprint density at radius 3 is 2.71 bits per heavy atom.